The molecule has 0 spiro atoms. The first kappa shape index (κ1) is 53.5. The number of benzene rings is 2. The number of carbonyl (C=O) groups is 2. The number of nitrogens with two attached hydrogens (primary N) is 7. The van der Waals surface area contributed by atoms with E-state index in [1.54, 1.807) is 54.0 Å². The molecule has 394 valence electrons. The van der Waals surface area contributed by atoms with E-state index in [2.05, 4.69) is 25.9 Å². The minimum absolute atomic E-state index is 0.00900. The molecule has 27 nitrogen and oxygen atoms in total. The van der Waals surface area contributed by atoms with E-state index in [-0.39, 0.29) is 50.7 Å². The van der Waals surface area contributed by atoms with Gasteiger partial charge in [-0.3, -0.25) is 14.9 Å². The molecular weight excluding hydrogens is 967 g/mol. The summed E-state index contributed by atoms with van der Waals surface area (Å²) < 4.78 is 37.9. The van der Waals surface area contributed by atoms with Crippen LogP contribution in [0.25, 0.3) is 11.3 Å². The smallest absolute Gasteiger partial charge is 0.257 e. The Morgan fingerprint density at radius 3 is 2.01 bits per heavy atom. The number of hydrogen-bond acceptors (Lipinski definition) is 25. The van der Waals surface area contributed by atoms with E-state index in [4.69, 9.17) is 68.6 Å². The van der Waals surface area contributed by atoms with E-state index in [0.29, 0.717) is 39.0 Å². The molecule has 5 heterocycles. The van der Waals surface area contributed by atoms with Crippen LogP contribution in [0.3, 0.4) is 0 Å². The van der Waals surface area contributed by atoms with Crippen LogP contribution in [0.1, 0.15) is 28.9 Å². The van der Waals surface area contributed by atoms with Crippen molar-refractivity contribution in [3.05, 3.63) is 71.4 Å². The van der Waals surface area contributed by atoms with Gasteiger partial charge in [0.25, 0.3) is 5.91 Å². The number of nitrogen functional groups attached to an aromatic ring is 1. The van der Waals surface area contributed by atoms with Gasteiger partial charge in [0.1, 0.15) is 67.1 Å². The largest absolute Gasteiger partial charge is 0.399 e. The van der Waals surface area contributed by atoms with Crippen LogP contribution in [0.2, 0.25) is 0 Å². The van der Waals surface area contributed by atoms with E-state index in [1.807, 2.05) is 6.07 Å². The third-order valence-electron chi connectivity index (χ3n) is 13.1. The Labute approximate surface area is 415 Å². The molecule has 2 amide bonds. The predicted octanol–water partition coefficient (Wildman–Crippen LogP) is -5.07. The second kappa shape index (κ2) is 23.2. The Bertz CT molecular complexity index is 2440. The van der Waals surface area contributed by atoms with Crippen molar-refractivity contribution in [3.63, 3.8) is 0 Å². The lowest BCUT2D eigenvalue weighted by Crippen LogP contribution is -2.68. The van der Waals surface area contributed by atoms with Gasteiger partial charge in [0, 0.05) is 72.1 Å². The standard InChI is InChI=1S/C44H63N13O14S/c45-12-25-32(60)34(62)29(50)41(66-25)69-37-23(49)11-22(48)31(59)39(37)71-43-36(64)38(70-42-30(51)35(63)33(61)26(13-46)67-42)27(68-43)15-57-14-21(55-56-57)8-9-28(58)52-20-3-1-2-18(10-20)24-16-72-44(53-24)54-40(65)17-4-6-19(47)7-5-17/h1-7,10,14,16,22-23,25-27,29-39,41-43,59-64H,8-9,11-13,15,45-51H2,(H,52,58)(H,53,54,65)/t22-,23+,25-,26-,27?,29-,30-,31+,32-,33-,34-,35-,36?,37-,38?,39-,41-,42-,43?/m1/s1. The van der Waals surface area contributed by atoms with Crippen LogP contribution in [0.5, 0.6) is 0 Å². The molecule has 3 saturated heterocycles. The Balaban J connectivity index is 0.927. The fourth-order valence-electron chi connectivity index (χ4n) is 8.96. The van der Waals surface area contributed by atoms with E-state index >= 15 is 0 Å². The maximum atomic E-state index is 13.2. The summed E-state index contributed by atoms with van der Waals surface area (Å²) in [6, 6.07) is 9.13. The maximum absolute atomic E-state index is 13.2. The normalized spacial score (nSPS) is 36.0. The zero-order valence-corrected chi connectivity index (χ0v) is 39.5. The van der Waals surface area contributed by atoms with Crippen molar-refractivity contribution in [2.24, 2.45) is 34.4 Å². The first-order chi connectivity index (χ1) is 34.4. The Morgan fingerprint density at radius 2 is 1.36 bits per heavy atom. The Kier molecular flexibility index (Phi) is 17.2. The molecule has 28 heteroatoms. The van der Waals surface area contributed by atoms with Crippen molar-refractivity contribution >= 4 is 39.7 Å². The molecule has 19 atom stereocenters. The molecule has 4 fully saturated rings. The number of hydrogen-bond donors (Lipinski definition) is 15. The number of nitrogens with one attached hydrogen (secondary N) is 2. The SMILES string of the molecule is NC[C@H]1O[C@H](OC2C(Cn3cc(CCC(=O)Nc4cccc(-c5csc(NC(=O)c6ccc(N)cc6)n5)c4)nn3)OC(O[C@@H]3[C@@H](O)[C@H](N)C[C@H](N)[C@H]3O[C@H]3O[C@H](CN)[C@@H](O)[C@H](O)[C@H]3N)C2O)[C@H](N)[C@@H](O)[C@@H]1O. The molecule has 4 unspecified atom stereocenters. The molecule has 0 bridgehead atoms. The van der Waals surface area contributed by atoms with Gasteiger partial charge in [0.15, 0.2) is 24.0 Å². The lowest BCUT2D eigenvalue weighted by molar-refractivity contribution is -0.306. The molecule has 72 heavy (non-hydrogen) atoms. The fourth-order valence-corrected chi connectivity index (χ4v) is 9.67. The monoisotopic (exact) mass is 1030 g/mol. The summed E-state index contributed by atoms with van der Waals surface area (Å²) in [7, 11) is 0. The third kappa shape index (κ3) is 11.9. The fraction of sp³-hybridized carbons (Fsp3) is 0.568. The van der Waals surface area contributed by atoms with E-state index in [9.17, 15) is 40.2 Å². The number of aryl methyl sites for hydroxylation is 1. The van der Waals surface area contributed by atoms with Crippen molar-refractivity contribution < 1.29 is 68.6 Å². The summed E-state index contributed by atoms with van der Waals surface area (Å²) in [5.41, 5.74) is 45.7. The molecule has 1 aliphatic carbocycles. The molecule has 2 aromatic heterocycles. The number of nitrogens with zero attached hydrogens (tertiary/aromatic N) is 4. The third-order valence-corrected chi connectivity index (χ3v) is 13.8. The van der Waals surface area contributed by atoms with Crippen LogP contribution in [0.4, 0.5) is 16.5 Å². The quantitative estimate of drug-likeness (QED) is 0.0440. The number of ether oxygens (including phenoxy) is 6. The number of carbonyl (C=O) groups excluding carboxylic acids is 2. The zero-order valence-electron chi connectivity index (χ0n) is 38.7. The number of anilines is 3. The number of amides is 2. The summed E-state index contributed by atoms with van der Waals surface area (Å²) in [5, 5.41) is 81.9. The van der Waals surface area contributed by atoms with Crippen LogP contribution >= 0.6 is 11.3 Å². The minimum atomic E-state index is -1.68. The number of rotatable bonds is 17. The summed E-state index contributed by atoms with van der Waals surface area (Å²) in [6.07, 6.45) is -18.9. The molecule has 22 N–H and O–H groups in total. The van der Waals surface area contributed by atoms with Crippen molar-refractivity contribution in [2.45, 2.75) is 142 Å². The highest BCUT2D eigenvalue weighted by atomic mass is 32.1. The lowest BCUT2D eigenvalue weighted by Gasteiger charge is -2.47. The van der Waals surface area contributed by atoms with E-state index in [1.165, 1.54) is 16.0 Å². The summed E-state index contributed by atoms with van der Waals surface area (Å²) in [6.45, 7) is -0.554. The van der Waals surface area contributed by atoms with Gasteiger partial charge in [0.05, 0.1) is 36.1 Å². The number of aromatic nitrogens is 4. The van der Waals surface area contributed by atoms with Crippen LogP contribution in [-0.2, 0) is 46.2 Å². The van der Waals surface area contributed by atoms with Gasteiger partial charge < -0.3 is 105 Å². The van der Waals surface area contributed by atoms with Crippen LogP contribution in [-0.4, -0.2) is 192 Å². The molecule has 8 rings (SSSR count). The molecule has 3 aliphatic heterocycles. The number of aliphatic hydroxyl groups excluding tert-OH is 6. The Morgan fingerprint density at radius 1 is 0.736 bits per heavy atom. The van der Waals surface area contributed by atoms with E-state index < -0.39 is 116 Å². The van der Waals surface area contributed by atoms with Crippen LogP contribution in [0.15, 0.2) is 60.1 Å². The second-order valence-corrected chi connectivity index (χ2v) is 19.1. The molecule has 2 aromatic carbocycles. The van der Waals surface area contributed by atoms with Crippen molar-refractivity contribution in [1.82, 2.24) is 20.0 Å². The summed E-state index contributed by atoms with van der Waals surface area (Å²) >= 11 is 1.25. The average Bonchev–Trinajstić information content (AvgIpc) is 4.10. The van der Waals surface area contributed by atoms with Gasteiger partial charge in [-0.2, -0.15) is 0 Å². The van der Waals surface area contributed by atoms with Crippen molar-refractivity contribution in [1.29, 1.82) is 0 Å². The van der Waals surface area contributed by atoms with Gasteiger partial charge in [-0.1, -0.05) is 17.3 Å². The number of thiazole rings is 1. The predicted molar refractivity (Wildman–Crippen MR) is 255 cm³/mol. The first-order valence-electron chi connectivity index (χ1n) is 23.3. The minimum Gasteiger partial charge on any atom is -0.399 e. The van der Waals surface area contributed by atoms with Gasteiger partial charge in [0.2, 0.25) is 5.91 Å². The second-order valence-electron chi connectivity index (χ2n) is 18.2. The lowest BCUT2D eigenvalue weighted by atomic mass is 9.84. The molecule has 1 saturated carbocycles. The molecule has 4 aliphatic rings. The van der Waals surface area contributed by atoms with Crippen molar-refractivity contribution in [3.8, 4) is 11.3 Å². The highest BCUT2D eigenvalue weighted by Crippen LogP contribution is 2.35. The summed E-state index contributed by atoms with van der Waals surface area (Å²) in [4.78, 5) is 30.4. The average molecular weight is 1030 g/mol. The molecular formula is C44H63N13O14S. The van der Waals surface area contributed by atoms with Gasteiger partial charge in [-0.05, 0) is 42.8 Å². The highest BCUT2D eigenvalue weighted by Gasteiger charge is 2.54. The van der Waals surface area contributed by atoms with E-state index in [0.717, 1.165) is 0 Å². The highest BCUT2D eigenvalue weighted by molar-refractivity contribution is 7.14. The van der Waals surface area contributed by atoms with Crippen molar-refractivity contribution in [2.75, 3.05) is 29.5 Å². The van der Waals surface area contributed by atoms with Gasteiger partial charge in [-0.25, -0.2) is 9.67 Å². The van der Waals surface area contributed by atoms with Crippen LogP contribution < -0.4 is 50.8 Å². The number of aliphatic hydroxyl groups is 6. The maximum Gasteiger partial charge on any atom is 0.257 e. The summed E-state index contributed by atoms with van der Waals surface area (Å²) in [5.74, 6) is -0.657. The van der Waals surface area contributed by atoms with Gasteiger partial charge in [-0.15, -0.1) is 16.4 Å². The molecule has 0 radical (unpaired) electrons. The Hall–Kier alpha value is -4.77. The van der Waals surface area contributed by atoms with Crippen LogP contribution in [0, 0.1) is 0 Å². The topological polar surface area (TPSA) is 461 Å². The van der Waals surface area contributed by atoms with Gasteiger partial charge >= 0.3 is 0 Å². The molecule has 4 aromatic rings. The first-order valence-corrected chi connectivity index (χ1v) is 24.2. The zero-order chi connectivity index (χ0) is 51.5.